The van der Waals surface area contributed by atoms with Crippen LogP contribution in [0.15, 0.2) is 30.5 Å². The minimum absolute atomic E-state index is 0.115. The first-order valence-electron chi connectivity index (χ1n) is 6.38. The van der Waals surface area contributed by atoms with Crippen molar-refractivity contribution in [3.8, 4) is 0 Å². The van der Waals surface area contributed by atoms with Crippen LogP contribution in [-0.2, 0) is 0 Å². The fourth-order valence-electron chi connectivity index (χ4n) is 2.74. The molecule has 3 heteroatoms. The lowest BCUT2D eigenvalue weighted by Gasteiger charge is -2.19. The first-order valence-corrected chi connectivity index (χ1v) is 6.38. The number of nitrogens with zero attached hydrogens (tertiary/aromatic N) is 1. The van der Waals surface area contributed by atoms with Gasteiger partial charge in [0.25, 0.3) is 0 Å². The zero-order chi connectivity index (χ0) is 11.7. The topological polar surface area (TPSA) is 45.0 Å². The summed E-state index contributed by atoms with van der Waals surface area (Å²) in [6, 6.07) is 8.48. The Morgan fingerprint density at radius 3 is 2.82 bits per heavy atom. The van der Waals surface area contributed by atoms with E-state index in [0.717, 1.165) is 6.54 Å². The monoisotopic (exact) mass is 229 g/mol. The lowest BCUT2D eigenvalue weighted by molar-refractivity contribution is 0.316. The molecular formula is C14H19N3. The Labute approximate surface area is 102 Å². The van der Waals surface area contributed by atoms with E-state index in [1.54, 1.807) is 0 Å². The molecule has 1 atom stereocenters. The summed E-state index contributed by atoms with van der Waals surface area (Å²) in [5.74, 6) is 0. The van der Waals surface area contributed by atoms with Crippen molar-refractivity contribution in [3.05, 3.63) is 36.0 Å². The number of rotatable bonds is 3. The molecule has 0 spiro atoms. The Kier molecular flexibility index (Phi) is 2.87. The van der Waals surface area contributed by atoms with Crippen LogP contribution in [0.4, 0.5) is 0 Å². The van der Waals surface area contributed by atoms with Crippen molar-refractivity contribution in [1.82, 2.24) is 9.88 Å². The average molecular weight is 229 g/mol. The first-order chi connectivity index (χ1) is 8.34. The Bertz CT molecular complexity index is 497. The van der Waals surface area contributed by atoms with Crippen molar-refractivity contribution in [1.29, 1.82) is 0 Å². The fraction of sp³-hybridized carbons (Fsp3) is 0.429. The molecule has 90 valence electrons. The minimum atomic E-state index is 0.115. The largest absolute Gasteiger partial charge is 0.361 e. The average Bonchev–Trinajstić information content (AvgIpc) is 2.96. The second kappa shape index (κ2) is 4.51. The van der Waals surface area contributed by atoms with E-state index in [1.807, 2.05) is 0 Å². The van der Waals surface area contributed by atoms with Gasteiger partial charge in [-0.2, -0.15) is 0 Å². The molecule has 0 saturated carbocycles. The minimum Gasteiger partial charge on any atom is -0.361 e. The SMILES string of the molecule is NC(CN1CCCC1)c1c[nH]c2ccccc12. The number of nitrogens with one attached hydrogen (secondary N) is 1. The standard InChI is InChI=1S/C14H19N3/c15-13(10-17-7-3-4-8-17)12-9-16-14-6-2-1-5-11(12)14/h1-2,5-6,9,13,16H,3-4,7-8,10,15H2. The summed E-state index contributed by atoms with van der Waals surface area (Å²) < 4.78 is 0. The van der Waals surface area contributed by atoms with Gasteiger partial charge in [0.2, 0.25) is 0 Å². The van der Waals surface area contributed by atoms with E-state index in [-0.39, 0.29) is 6.04 Å². The lowest BCUT2D eigenvalue weighted by atomic mass is 10.1. The van der Waals surface area contributed by atoms with Gasteiger partial charge in [0.1, 0.15) is 0 Å². The van der Waals surface area contributed by atoms with Gasteiger partial charge in [-0.1, -0.05) is 18.2 Å². The van der Waals surface area contributed by atoms with Gasteiger partial charge in [-0.15, -0.1) is 0 Å². The van der Waals surface area contributed by atoms with Gasteiger partial charge in [-0.25, -0.2) is 0 Å². The van der Waals surface area contributed by atoms with Crippen LogP contribution in [-0.4, -0.2) is 29.5 Å². The number of hydrogen-bond acceptors (Lipinski definition) is 2. The Morgan fingerprint density at radius 2 is 2.00 bits per heavy atom. The highest BCUT2D eigenvalue weighted by Crippen LogP contribution is 2.24. The molecule has 0 bridgehead atoms. The van der Waals surface area contributed by atoms with Crippen molar-refractivity contribution in [2.75, 3.05) is 19.6 Å². The normalized spacial score (nSPS) is 18.9. The molecule has 1 saturated heterocycles. The van der Waals surface area contributed by atoms with E-state index in [4.69, 9.17) is 5.73 Å². The van der Waals surface area contributed by atoms with Crippen LogP contribution in [0.1, 0.15) is 24.4 Å². The number of aromatic nitrogens is 1. The molecule has 3 nitrogen and oxygen atoms in total. The lowest BCUT2D eigenvalue weighted by Crippen LogP contribution is -2.29. The second-order valence-electron chi connectivity index (χ2n) is 4.90. The molecule has 1 aliphatic heterocycles. The van der Waals surface area contributed by atoms with Crippen molar-refractivity contribution in [2.45, 2.75) is 18.9 Å². The van der Waals surface area contributed by atoms with E-state index in [2.05, 4.69) is 40.3 Å². The highest BCUT2D eigenvalue weighted by Gasteiger charge is 2.17. The molecule has 1 aromatic carbocycles. The second-order valence-corrected chi connectivity index (χ2v) is 4.90. The predicted octanol–water partition coefficient (Wildman–Crippen LogP) is 2.26. The number of aromatic amines is 1. The van der Waals surface area contributed by atoms with Crippen LogP contribution in [0, 0.1) is 0 Å². The Morgan fingerprint density at radius 1 is 1.24 bits per heavy atom. The molecule has 1 aromatic heterocycles. The fourth-order valence-corrected chi connectivity index (χ4v) is 2.74. The molecule has 17 heavy (non-hydrogen) atoms. The number of para-hydroxylation sites is 1. The molecule has 1 unspecified atom stereocenters. The van der Waals surface area contributed by atoms with Crippen LogP contribution >= 0.6 is 0 Å². The summed E-state index contributed by atoms with van der Waals surface area (Å²) in [6.45, 7) is 3.38. The van der Waals surface area contributed by atoms with Gasteiger partial charge in [0.15, 0.2) is 0 Å². The van der Waals surface area contributed by atoms with Crippen molar-refractivity contribution < 1.29 is 0 Å². The number of H-pyrrole nitrogens is 1. The zero-order valence-corrected chi connectivity index (χ0v) is 10.0. The van der Waals surface area contributed by atoms with Gasteiger partial charge in [-0.05, 0) is 37.6 Å². The molecular weight excluding hydrogens is 210 g/mol. The number of likely N-dealkylation sites (tertiary alicyclic amines) is 1. The molecule has 0 radical (unpaired) electrons. The molecule has 0 amide bonds. The van der Waals surface area contributed by atoms with E-state index < -0.39 is 0 Å². The molecule has 3 N–H and O–H groups in total. The summed E-state index contributed by atoms with van der Waals surface area (Å²) in [6.07, 6.45) is 4.70. The van der Waals surface area contributed by atoms with Crippen LogP contribution < -0.4 is 5.73 Å². The molecule has 3 rings (SSSR count). The highest BCUT2D eigenvalue weighted by atomic mass is 15.1. The van der Waals surface area contributed by atoms with Gasteiger partial charge < -0.3 is 15.6 Å². The third-order valence-electron chi connectivity index (χ3n) is 3.67. The van der Waals surface area contributed by atoms with Gasteiger partial charge in [0, 0.05) is 29.7 Å². The van der Waals surface area contributed by atoms with Gasteiger partial charge >= 0.3 is 0 Å². The highest BCUT2D eigenvalue weighted by molar-refractivity contribution is 5.83. The molecule has 2 aromatic rings. The maximum atomic E-state index is 6.32. The summed E-state index contributed by atoms with van der Waals surface area (Å²) in [7, 11) is 0. The first kappa shape index (κ1) is 10.8. The number of nitrogens with two attached hydrogens (primary N) is 1. The summed E-state index contributed by atoms with van der Waals surface area (Å²) in [4.78, 5) is 5.76. The van der Waals surface area contributed by atoms with E-state index in [1.165, 1.54) is 42.4 Å². The molecule has 1 fully saturated rings. The van der Waals surface area contributed by atoms with Crippen molar-refractivity contribution >= 4 is 10.9 Å². The van der Waals surface area contributed by atoms with Crippen LogP contribution in [0.25, 0.3) is 10.9 Å². The molecule has 2 heterocycles. The molecule has 1 aliphatic rings. The van der Waals surface area contributed by atoms with Crippen LogP contribution in [0.2, 0.25) is 0 Å². The Balaban J connectivity index is 1.82. The number of hydrogen-bond donors (Lipinski definition) is 2. The maximum Gasteiger partial charge on any atom is 0.0457 e. The maximum absolute atomic E-state index is 6.32. The Hall–Kier alpha value is -1.32. The zero-order valence-electron chi connectivity index (χ0n) is 10.0. The van der Waals surface area contributed by atoms with Gasteiger partial charge in [0.05, 0.1) is 0 Å². The summed E-state index contributed by atoms with van der Waals surface area (Å²) in [5.41, 5.74) is 8.75. The number of fused-ring (bicyclic) bond motifs is 1. The van der Waals surface area contributed by atoms with Crippen LogP contribution in [0.5, 0.6) is 0 Å². The smallest absolute Gasteiger partial charge is 0.0457 e. The van der Waals surface area contributed by atoms with Crippen LogP contribution in [0.3, 0.4) is 0 Å². The van der Waals surface area contributed by atoms with Crippen molar-refractivity contribution in [2.24, 2.45) is 5.73 Å². The third kappa shape index (κ3) is 2.08. The summed E-state index contributed by atoms with van der Waals surface area (Å²) in [5, 5.41) is 1.26. The van der Waals surface area contributed by atoms with E-state index >= 15 is 0 Å². The van der Waals surface area contributed by atoms with Crippen molar-refractivity contribution in [3.63, 3.8) is 0 Å². The molecule has 0 aliphatic carbocycles. The third-order valence-corrected chi connectivity index (χ3v) is 3.67. The van der Waals surface area contributed by atoms with E-state index in [0.29, 0.717) is 0 Å². The quantitative estimate of drug-likeness (QED) is 0.848. The van der Waals surface area contributed by atoms with E-state index in [9.17, 15) is 0 Å². The van der Waals surface area contributed by atoms with Gasteiger partial charge in [-0.3, -0.25) is 0 Å². The number of benzene rings is 1. The summed E-state index contributed by atoms with van der Waals surface area (Å²) >= 11 is 0. The predicted molar refractivity (Wildman–Crippen MR) is 70.9 cm³/mol.